The molecule has 1 aliphatic rings. The average Bonchev–Trinajstić information content (AvgIpc) is 2.99. The third-order valence-corrected chi connectivity index (χ3v) is 6.16. The summed E-state index contributed by atoms with van der Waals surface area (Å²) >= 11 is 2.86. The second kappa shape index (κ2) is 6.50. The average molecular weight is 369 g/mol. The van der Waals surface area contributed by atoms with Crippen LogP contribution in [0.4, 0.5) is 10.8 Å². The number of carbonyl (C=O) groups excluding carboxylic acids is 2. The first-order chi connectivity index (χ1) is 12.1. The number of hydrogen-bond donors (Lipinski definition) is 2. The van der Waals surface area contributed by atoms with Crippen LogP contribution >= 0.6 is 23.1 Å². The molecule has 0 bridgehead atoms. The molecule has 7 heteroatoms. The molecule has 0 fully saturated rings. The van der Waals surface area contributed by atoms with Gasteiger partial charge in [0.2, 0.25) is 11.8 Å². The van der Waals surface area contributed by atoms with Crippen molar-refractivity contribution in [3.63, 3.8) is 0 Å². The zero-order valence-corrected chi connectivity index (χ0v) is 15.0. The summed E-state index contributed by atoms with van der Waals surface area (Å²) in [4.78, 5) is 30.0. The van der Waals surface area contributed by atoms with Crippen molar-refractivity contribution in [2.75, 3.05) is 10.6 Å². The van der Waals surface area contributed by atoms with Gasteiger partial charge < -0.3 is 10.6 Å². The Morgan fingerprint density at radius 3 is 2.92 bits per heavy atom. The summed E-state index contributed by atoms with van der Waals surface area (Å²) in [6.07, 6.45) is 0.111. The van der Waals surface area contributed by atoms with Crippen molar-refractivity contribution in [3.8, 4) is 0 Å². The number of anilines is 2. The smallest absolute Gasteiger partial charge is 0.238 e. The Morgan fingerprint density at radius 1 is 1.24 bits per heavy atom. The Morgan fingerprint density at radius 2 is 2.08 bits per heavy atom. The molecule has 25 heavy (non-hydrogen) atoms. The van der Waals surface area contributed by atoms with E-state index in [0.717, 1.165) is 26.4 Å². The molecular weight excluding hydrogens is 354 g/mol. The maximum Gasteiger partial charge on any atom is 0.238 e. The predicted molar refractivity (Wildman–Crippen MR) is 102 cm³/mol. The topological polar surface area (TPSA) is 71.1 Å². The number of thiazole rings is 1. The molecule has 0 saturated heterocycles. The van der Waals surface area contributed by atoms with Crippen LogP contribution in [0.2, 0.25) is 0 Å². The van der Waals surface area contributed by atoms with Gasteiger partial charge in [-0.3, -0.25) is 9.59 Å². The highest BCUT2D eigenvalue weighted by Crippen LogP contribution is 2.37. The summed E-state index contributed by atoms with van der Waals surface area (Å²) in [5, 5.41) is 5.81. The zero-order chi connectivity index (χ0) is 17.4. The van der Waals surface area contributed by atoms with E-state index in [-0.39, 0.29) is 18.2 Å². The molecule has 126 valence electrons. The zero-order valence-electron chi connectivity index (χ0n) is 13.4. The molecule has 2 N–H and O–H groups in total. The summed E-state index contributed by atoms with van der Waals surface area (Å²) < 4.78 is 1.04. The van der Waals surface area contributed by atoms with E-state index in [1.807, 2.05) is 49.4 Å². The number of nitrogens with one attached hydrogen (secondary N) is 2. The van der Waals surface area contributed by atoms with Crippen LogP contribution in [0.1, 0.15) is 12.0 Å². The van der Waals surface area contributed by atoms with E-state index in [9.17, 15) is 9.59 Å². The number of thioether (sulfide) groups is 1. The van der Waals surface area contributed by atoms with Gasteiger partial charge >= 0.3 is 0 Å². The van der Waals surface area contributed by atoms with Gasteiger partial charge in [-0.1, -0.05) is 35.6 Å². The maximum absolute atomic E-state index is 12.4. The minimum Gasteiger partial charge on any atom is -0.324 e. The van der Waals surface area contributed by atoms with Crippen LogP contribution in [0, 0.1) is 6.92 Å². The van der Waals surface area contributed by atoms with Crippen LogP contribution in [0.5, 0.6) is 0 Å². The van der Waals surface area contributed by atoms with Gasteiger partial charge in [-0.2, -0.15) is 0 Å². The standard InChI is InChI=1S/C18H15N3O2S2/c1-10-5-4-8-13-16(10)21-18(25-13)20-15(22)9-14-17(23)19-11-6-2-3-7-12(11)24-14/h2-8,14H,9H2,1H3,(H,19,23)(H,20,21,22). The number of nitrogens with zero attached hydrogens (tertiary/aromatic N) is 1. The van der Waals surface area contributed by atoms with Gasteiger partial charge in [-0.15, -0.1) is 11.8 Å². The summed E-state index contributed by atoms with van der Waals surface area (Å²) in [7, 11) is 0. The van der Waals surface area contributed by atoms with Gasteiger partial charge in [-0.25, -0.2) is 4.98 Å². The lowest BCUT2D eigenvalue weighted by molar-refractivity contribution is -0.120. The summed E-state index contributed by atoms with van der Waals surface area (Å²) in [5.74, 6) is -0.345. The molecule has 1 aliphatic heterocycles. The molecule has 1 atom stereocenters. The van der Waals surface area contributed by atoms with E-state index < -0.39 is 5.25 Å². The van der Waals surface area contributed by atoms with Gasteiger partial charge in [0, 0.05) is 11.3 Å². The maximum atomic E-state index is 12.4. The van der Waals surface area contributed by atoms with Crippen LogP contribution in [0.3, 0.4) is 0 Å². The molecule has 1 unspecified atom stereocenters. The van der Waals surface area contributed by atoms with E-state index in [1.165, 1.54) is 23.1 Å². The largest absolute Gasteiger partial charge is 0.324 e. The molecule has 1 aromatic heterocycles. The third-order valence-electron chi connectivity index (χ3n) is 3.94. The number of rotatable bonds is 3. The Hall–Kier alpha value is -2.38. The number of hydrogen-bond acceptors (Lipinski definition) is 5. The highest BCUT2D eigenvalue weighted by Gasteiger charge is 2.29. The number of benzene rings is 2. The number of aryl methyl sites for hydroxylation is 1. The van der Waals surface area contributed by atoms with E-state index in [4.69, 9.17) is 0 Å². The fourth-order valence-electron chi connectivity index (χ4n) is 2.71. The highest BCUT2D eigenvalue weighted by molar-refractivity contribution is 8.01. The molecule has 2 amide bonds. The lowest BCUT2D eigenvalue weighted by Crippen LogP contribution is -2.32. The Labute approximate surface area is 152 Å². The summed E-state index contributed by atoms with van der Waals surface area (Å²) in [5.41, 5.74) is 2.78. The highest BCUT2D eigenvalue weighted by atomic mass is 32.2. The first-order valence-electron chi connectivity index (χ1n) is 7.83. The number of amides is 2. The monoisotopic (exact) mass is 369 g/mol. The van der Waals surface area contributed by atoms with Crippen LogP contribution in [-0.4, -0.2) is 22.0 Å². The van der Waals surface area contributed by atoms with Gasteiger partial charge in [-0.05, 0) is 30.7 Å². The molecule has 0 saturated carbocycles. The van der Waals surface area contributed by atoms with Crippen LogP contribution < -0.4 is 10.6 Å². The second-order valence-corrected chi connectivity index (χ2v) is 8.06. The first-order valence-corrected chi connectivity index (χ1v) is 9.52. The van der Waals surface area contributed by atoms with Gasteiger partial charge in [0.15, 0.2) is 5.13 Å². The summed E-state index contributed by atoms with van der Waals surface area (Å²) in [6, 6.07) is 13.6. The number of para-hydroxylation sites is 2. The number of carbonyl (C=O) groups is 2. The molecule has 2 aromatic carbocycles. The van der Waals surface area contributed by atoms with E-state index in [0.29, 0.717) is 5.13 Å². The van der Waals surface area contributed by atoms with Crippen LogP contribution in [0.25, 0.3) is 10.2 Å². The molecule has 0 radical (unpaired) electrons. The minimum atomic E-state index is -0.439. The molecule has 0 spiro atoms. The Kier molecular flexibility index (Phi) is 4.19. The van der Waals surface area contributed by atoms with Crippen molar-refractivity contribution in [3.05, 3.63) is 48.0 Å². The fraction of sp³-hybridized carbons (Fsp3) is 0.167. The molecule has 4 rings (SSSR count). The SMILES string of the molecule is Cc1cccc2sc(NC(=O)CC3Sc4ccccc4NC3=O)nc12. The minimum absolute atomic E-state index is 0.111. The van der Waals surface area contributed by atoms with Crippen LogP contribution in [-0.2, 0) is 9.59 Å². The van der Waals surface area contributed by atoms with Crippen molar-refractivity contribution in [1.82, 2.24) is 4.98 Å². The quantitative estimate of drug-likeness (QED) is 0.731. The van der Waals surface area contributed by atoms with E-state index >= 15 is 0 Å². The molecule has 3 aromatic rings. The molecule has 0 aliphatic carbocycles. The molecule has 2 heterocycles. The van der Waals surface area contributed by atoms with E-state index in [2.05, 4.69) is 15.6 Å². The predicted octanol–water partition coefficient (Wildman–Crippen LogP) is 4.05. The van der Waals surface area contributed by atoms with Crippen molar-refractivity contribution < 1.29 is 9.59 Å². The third kappa shape index (κ3) is 3.25. The van der Waals surface area contributed by atoms with Gasteiger partial charge in [0.25, 0.3) is 0 Å². The van der Waals surface area contributed by atoms with Crippen molar-refractivity contribution >= 4 is 55.9 Å². The Bertz CT molecular complexity index is 983. The molecule has 5 nitrogen and oxygen atoms in total. The normalized spacial score (nSPS) is 16.4. The first kappa shape index (κ1) is 16.1. The van der Waals surface area contributed by atoms with Gasteiger partial charge in [0.1, 0.15) is 0 Å². The second-order valence-electron chi connectivity index (χ2n) is 5.78. The number of aromatic nitrogens is 1. The number of fused-ring (bicyclic) bond motifs is 2. The van der Waals surface area contributed by atoms with Gasteiger partial charge in [0.05, 0.1) is 21.2 Å². The molecular formula is C18H15N3O2S2. The van der Waals surface area contributed by atoms with Crippen molar-refractivity contribution in [2.24, 2.45) is 0 Å². The lowest BCUT2D eigenvalue weighted by Gasteiger charge is -2.23. The Balaban J connectivity index is 1.47. The lowest BCUT2D eigenvalue weighted by atomic mass is 10.2. The van der Waals surface area contributed by atoms with Crippen LogP contribution in [0.15, 0.2) is 47.4 Å². The van der Waals surface area contributed by atoms with E-state index in [1.54, 1.807) is 0 Å². The van der Waals surface area contributed by atoms with Crippen molar-refractivity contribution in [1.29, 1.82) is 0 Å². The fourth-order valence-corrected chi connectivity index (χ4v) is 4.78. The van der Waals surface area contributed by atoms with Crippen molar-refractivity contribution in [2.45, 2.75) is 23.5 Å². The summed E-state index contributed by atoms with van der Waals surface area (Å²) in [6.45, 7) is 1.99.